The van der Waals surface area contributed by atoms with Gasteiger partial charge in [0.1, 0.15) is 5.82 Å². The molecule has 0 bridgehead atoms. The molecule has 1 aliphatic heterocycles. The summed E-state index contributed by atoms with van der Waals surface area (Å²) in [6.45, 7) is 2.07. The summed E-state index contributed by atoms with van der Waals surface area (Å²) in [5.41, 5.74) is 0.874. The first-order valence-corrected chi connectivity index (χ1v) is 5.07. The molecule has 1 atom stereocenters. The average Bonchev–Trinajstić information content (AvgIpc) is 2.19. The second-order valence-electron chi connectivity index (χ2n) is 3.70. The minimum absolute atomic E-state index is 0.182. The molecule has 1 fully saturated rings. The van der Waals surface area contributed by atoms with E-state index in [2.05, 4.69) is 10.6 Å². The van der Waals surface area contributed by atoms with Crippen molar-refractivity contribution in [1.29, 1.82) is 0 Å². The molecule has 0 spiro atoms. The molecule has 76 valence electrons. The molecule has 0 aromatic heterocycles. The molecular weight excluding hydrogens is 179 g/mol. The minimum atomic E-state index is -0.182. The lowest BCUT2D eigenvalue weighted by Gasteiger charge is -2.24. The van der Waals surface area contributed by atoms with E-state index < -0.39 is 0 Å². The summed E-state index contributed by atoms with van der Waals surface area (Å²) in [4.78, 5) is 0. The monoisotopic (exact) mass is 194 g/mol. The largest absolute Gasteiger partial charge is 0.381 e. The quantitative estimate of drug-likeness (QED) is 0.752. The number of piperidine rings is 1. The summed E-state index contributed by atoms with van der Waals surface area (Å²) in [6.07, 6.45) is 2.34. The molecule has 1 unspecified atom stereocenters. The highest BCUT2D eigenvalue weighted by molar-refractivity contribution is 5.44. The van der Waals surface area contributed by atoms with Crippen molar-refractivity contribution >= 4 is 5.69 Å². The van der Waals surface area contributed by atoms with Crippen molar-refractivity contribution in [1.82, 2.24) is 5.32 Å². The summed E-state index contributed by atoms with van der Waals surface area (Å²) < 4.78 is 12.9. The van der Waals surface area contributed by atoms with E-state index in [1.165, 1.54) is 18.6 Å². The lowest BCUT2D eigenvalue weighted by atomic mass is 10.1. The molecule has 1 saturated heterocycles. The first-order chi connectivity index (χ1) is 6.84. The van der Waals surface area contributed by atoms with Gasteiger partial charge in [-0.25, -0.2) is 4.39 Å². The first kappa shape index (κ1) is 9.46. The zero-order valence-corrected chi connectivity index (χ0v) is 8.09. The summed E-state index contributed by atoms with van der Waals surface area (Å²) in [5, 5.41) is 6.63. The van der Waals surface area contributed by atoms with Gasteiger partial charge in [0, 0.05) is 18.3 Å². The van der Waals surface area contributed by atoms with E-state index in [1.807, 2.05) is 6.07 Å². The molecule has 2 nitrogen and oxygen atoms in total. The van der Waals surface area contributed by atoms with Crippen molar-refractivity contribution in [3.05, 3.63) is 30.1 Å². The van der Waals surface area contributed by atoms with Crippen LogP contribution < -0.4 is 10.6 Å². The predicted octanol–water partition coefficient (Wildman–Crippen LogP) is 1.99. The van der Waals surface area contributed by atoms with Crippen LogP contribution in [0.1, 0.15) is 12.8 Å². The fourth-order valence-corrected chi connectivity index (χ4v) is 1.79. The highest BCUT2D eigenvalue weighted by Crippen LogP contribution is 2.13. The zero-order valence-electron chi connectivity index (χ0n) is 8.09. The number of anilines is 1. The van der Waals surface area contributed by atoms with Crippen LogP contribution in [0.4, 0.5) is 10.1 Å². The van der Waals surface area contributed by atoms with Gasteiger partial charge >= 0.3 is 0 Å². The number of benzene rings is 1. The number of nitrogens with one attached hydrogen (secondary N) is 2. The third-order valence-electron chi connectivity index (χ3n) is 2.49. The van der Waals surface area contributed by atoms with Gasteiger partial charge < -0.3 is 10.6 Å². The summed E-state index contributed by atoms with van der Waals surface area (Å²) in [6, 6.07) is 7.07. The Kier molecular flexibility index (Phi) is 2.99. The normalized spacial score (nSPS) is 21.9. The van der Waals surface area contributed by atoms with Crippen LogP contribution in [0.5, 0.6) is 0 Å². The first-order valence-electron chi connectivity index (χ1n) is 5.07. The Labute approximate surface area is 83.5 Å². The van der Waals surface area contributed by atoms with Crippen molar-refractivity contribution in [3.8, 4) is 0 Å². The van der Waals surface area contributed by atoms with E-state index in [1.54, 1.807) is 6.07 Å². The van der Waals surface area contributed by atoms with E-state index in [9.17, 15) is 4.39 Å². The van der Waals surface area contributed by atoms with E-state index in [0.717, 1.165) is 25.2 Å². The Morgan fingerprint density at radius 1 is 1.43 bits per heavy atom. The second-order valence-corrected chi connectivity index (χ2v) is 3.70. The van der Waals surface area contributed by atoms with Crippen LogP contribution in [-0.4, -0.2) is 19.1 Å². The Balaban J connectivity index is 1.95. The van der Waals surface area contributed by atoms with E-state index in [0.29, 0.717) is 6.04 Å². The smallest absolute Gasteiger partial charge is 0.125 e. The number of halogens is 1. The topological polar surface area (TPSA) is 24.1 Å². The van der Waals surface area contributed by atoms with Gasteiger partial charge in [-0.15, -0.1) is 0 Å². The third kappa shape index (κ3) is 2.45. The van der Waals surface area contributed by atoms with E-state index in [-0.39, 0.29) is 5.82 Å². The lowest BCUT2D eigenvalue weighted by Crippen LogP contribution is -2.38. The number of rotatable bonds is 2. The highest BCUT2D eigenvalue weighted by Gasteiger charge is 2.11. The zero-order chi connectivity index (χ0) is 9.80. The van der Waals surface area contributed by atoms with Gasteiger partial charge in [-0.2, -0.15) is 0 Å². The maximum atomic E-state index is 12.9. The van der Waals surface area contributed by atoms with Gasteiger partial charge in [0.15, 0.2) is 0 Å². The van der Waals surface area contributed by atoms with Crippen LogP contribution in [0.2, 0.25) is 0 Å². The lowest BCUT2D eigenvalue weighted by molar-refractivity contribution is 0.479. The minimum Gasteiger partial charge on any atom is -0.381 e. The van der Waals surface area contributed by atoms with E-state index in [4.69, 9.17) is 0 Å². The number of hydrogen-bond donors (Lipinski definition) is 2. The van der Waals surface area contributed by atoms with Gasteiger partial charge in [0.05, 0.1) is 0 Å². The summed E-state index contributed by atoms with van der Waals surface area (Å²) >= 11 is 0. The van der Waals surface area contributed by atoms with Gasteiger partial charge in [-0.05, 0) is 37.6 Å². The van der Waals surface area contributed by atoms with Gasteiger partial charge in [0.25, 0.3) is 0 Å². The third-order valence-corrected chi connectivity index (χ3v) is 2.49. The molecule has 0 saturated carbocycles. The van der Waals surface area contributed by atoms with Gasteiger partial charge in [0.2, 0.25) is 0 Å². The van der Waals surface area contributed by atoms with Crippen molar-refractivity contribution in [2.24, 2.45) is 0 Å². The van der Waals surface area contributed by atoms with Crippen molar-refractivity contribution in [2.75, 3.05) is 18.4 Å². The molecule has 0 radical (unpaired) electrons. The van der Waals surface area contributed by atoms with Crippen molar-refractivity contribution in [3.63, 3.8) is 0 Å². The molecule has 1 aromatic rings. The predicted molar refractivity (Wildman–Crippen MR) is 55.9 cm³/mol. The molecule has 1 aromatic carbocycles. The molecule has 0 amide bonds. The van der Waals surface area contributed by atoms with Crippen LogP contribution in [-0.2, 0) is 0 Å². The van der Waals surface area contributed by atoms with E-state index >= 15 is 0 Å². The maximum absolute atomic E-state index is 12.9. The molecule has 2 N–H and O–H groups in total. The molecule has 14 heavy (non-hydrogen) atoms. The molecule has 0 aliphatic carbocycles. The van der Waals surface area contributed by atoms with Crippen LogP contribution >= 0.6 is 0 Å². The van der Waals surface area contributed by atoms with Gasteiger partial charge in [-0.1, -0.05) is 6.07 Å². The van der Waals surface area contributed by atoms with Crippen LogP contribution in [0, 0.1) is 5.82 Å². The fourth-order valence-electron chi connectivity index (χ4n) is 1.79. The highest BCUT2D eigenvalue weighted by atomic mass is 19.1. The Morgan fingerprint density at radius 2 is 2.36 bits per heavy atom. The summed E-state index contributed by atoms with van der Waals surface area (Å²) in [5.74, 6) is -0.182. The Morgan fingerprint density at radius 3 is 3.07 bits per heavy atom. The second kappa shape index (κ2) is 4.42. The standard InChI is InChI=1S/C11H15FN2/c12-9-3-1-4-10(7-9)14-11-5-2-6-13-8-11/h1,3-4,7,11,13-14H,2,5-6,8H2. The number of hydrogen-bond acceptors (Lipinski definition) is 2. The molecule has 3 heteroatoms. The summed E-state index contributed by atoms with van der Waals surface area (Å²) in [7, 11) is 0. The van der Waals surface area contributed by atoms with Crippen molar-refractivity contribution < 1.29 is 4.39 Å². The van der Waals surface area contributed by atoms with Gasteiger partial charge in [-0.3, -0.25) is 0 Å². The molecule has 1 aliphatic rings. The molecule has 1 heterocycles. The van der Waals surface area contributed by atoms with Crippen LogP contribution in [0.25, 0.3) is 0 Å². The molecular formula is C11H15FN2. The SMILES string of the molecule is Fc1cccc(NC2CCCNC2)c1. The average molecular weight is 194 g/mol. The van der Waals surface area contributed by atoms with Crippen molar-refractivity contribution in [2.45, 2.75) is 18.9 Å². The molecule has 2 rings (SSSR count). The van der Waals surface area contributed by atoms with Crippen LogP contribution in [0.3, 0.4) is 0 Å². The maximum Gasteiger partial charge on any atom is 0.125 e. The Bertz CT molecular complexity index is 295. The Hall–Kier alpha value is -1.09. The fraction of sp³-hybridized carbons (Fsp3) is 0.455. The van der Waals surface area contributed by atoms with Crippen LogP contribution in [0.15, 0.2) is 24.3 Å².